The number of hydrogen-bond acceptors (Lipinski definition) is 5. The molecule has 0 spiro atoms. The van der Waals surface area contributed by atoms with E-state index < -0.39 is 6.04 Å². The van der Waals surface area contributed by atoms with Crippen molar-refractivity contribution in [2.45, 2.75) is 12.5 Å². The van der Waals surface area contributed by atoms with Crippen LogP contribution in [0.3, 0.4) is 0 Å². The number of benzene rings is 3. The molecule has 10 heteroatoms. The van der Waals surface area contributed by atoms with Gasteiger partial charge in [0.2, 0.25) is 0 Å². The lowest BCUT2D eigenvalue weighted by molar-refractivity contribution is -0.133. The molecule has 2 amide bonds. The van der Waals surface area contributed by atoms with E-state index in [1.807, 2.05) is 12.1 Å². The van der Waals surface area contributed by atoms with Gasteiger partial charge in [0.15, 0.2) is 0 Å². The Morgan fingerprint density at radius 2 is 1.68 bits per heavy atom. The average molecular weight is 583 g/mol. The van der Waals surface area contributed by atoms with Crippen LogP contribution in [0.15, 0.2) is 77.9 Å². The second-order valence-electron chi connectivity index (χ2n) is 9.72. The fraction of sp³-hybridized carbons (Fsp3) is 0.300. The lowest BCUT2D eigenvalue weighted by atomic mass is 9.98. The zero-order chi connectivity index (χ0) is 28.1. The third-order valence-electron chi connectivity index (χ3n) is 7.11. The predicted octanol–water partition coefficient (Wildman–Crippen LogP) is 5.28. The van der Waals surface area contributed by atoms with Crippen LogP contribution in [-0.4, -0.2) is 78.3 Å². The Kier molecular flexibility index (Phi) is 9.11. The highest BCUT2D eigenvalue weighted by Crippen LogP contribution is 2.33. The van der Waals surface area contributed by atoms with Gasteiger partial charge >= 0.3 is 0 Å². The quantitative estimate of drug-likeness (QED) is 0.362. The van der Waals surface area contributed by atoms with Crippen LogP contribution < -0.4 is 0 Å². The Labute approximate surface area is 242 Å². The van der Waals surface area contributed by atoms with E-state index in [4.69, 9.17) is 27.9 Å². The first-order valence-corrected chi connectivity index (χ1v) is 13.9. The van der Waals surface area contributed by atoms with Crippen LogP contribution in [0.2, 0.25) is 10.0 Å². The third kappa shape index (κ3) is 6.70. The molecule has 0 aliphatic carbocycles. The number of carbonyl (C=O) groups excluding carboxylic acids is 2. The van der Waals surface area contributed by atoms with Gasteiger partial charge in [0.25, 0.3) is 11.8 Å². The van der Waals surface area contributed by atoms with Crippen molar-refractivity contribution in [3.8, 4) is 0 Å². The molecule has 2 aliphatic rings. The lowest BCUT2D eigenvalue weighted by Crippen LogP contribution is -2.46. The minimum absolute atomic E-state index is 0.182. The minimum Gasteiger partial charge on any atom is -0.379 e. The molecule has 1 atom stereocenters. The van der Waals surface area contributed by atoms with Crippen molar-refractivity contribution in [3.63, 3.8) is 0 Å². The molecular weight excluding hydrogens is 554 g/mol. The van der Waals surface area contributed by atoms with Gasteiger partial charge < -0.3 is 9.64 Å². The Morgan fingerprint density at radius 1 is 0.975 bits per heavy atom. The summed E-state index contributed by atoms with van der Waals surface area (Å²) in [6.45, 7) is 3.54. The van der Waals surface area contributed by atoms with Gasteiger partial charge in [0.1, 0.15) is 12.4 Å². The van der Waals surface area contributed by atoms with Crippen LogP contribution in [0, 0.1) is 5.82 Å². The van der Waals surface area contributed by atoms with Gasteiger partial charge in [-0.25, -0.2) is 9.40 Å². The molecule has 3 aromatic carbocycles. The van der Waals surface area contributed by atoms with Crippen LogP contribution in [0.5, 0.6) is 0 Å². The third-order valence-corrected chi connectivity index (χ3v) is 7.69. The summed E-state index contributed by atoms with van der Waals surface area (Å²) in [5, 5.41) is 7.02. The first kappa shape index (κ1) is 28.2. The molecule has 40 heavy (non-hydrogen) atoms. The first-order valence-electron chi connectivity index (χ1n) is 13.1. The number of halogens is 3. The maximum atomic E-state index is 13.9. The molecule has 7 nitrogen and oxygen atoms in total. The fourth-order valence-electron chi connectivity index (χ4n) is 4.88. The normalized spacial score (nSPS) is 17.5. The smallest absolute Gasteiger partial charge is 0.262 e. The van der Waals surface area contributed by atoms with Crippen LogP contribution >= 0.6 is 23.2 Å². The topological polar surface area (TPSA) is 65.5 Å². The molecule has 0 N–H and O–H groups in total. The number of amides is 2. The molecule has 2 aliphatic heterocycles. The van der Waals surface area contributed by atoms with Gasteiger partial charge in [0.05, 0.1) is 35.6 Å². The first-order chi connectivity index (χ1) is 19.4. The van der Waals surface area contributed by atoms with E-state index in [9.17, 15) is 14.0 Å². The van der Waals surface area contributed by atoms with E-state index in [1.54, 1.807) is 48.5 Å². The van der Waals surface area contributed by atoms with E-state index in [-0.39, 0.29) is 24.2 Å². The largest absolute Gasteiger partial charge is 0.379 e. The summed E-state index contributed by atoms with van der Waals surface area (Å²) >= 11 is 12.5. The number of nitrogens with zero attached hydrogens (tertiary/aromatic N) is 4. The highest BCUT2D eigenvalue weighted by atomic mass is 35.5. The number of hydrazone groups is 1. The molecule has 0 aromatic heterocycles. The summed E-state index contributed by atoms with van der Waals surface area (Å²) in [5.41, 5.74) is 2.58. The average Bonchev–Trinajstić information content (AvgIpc) is 3.42. The molecule has 5 rings (SSSR count). The van der Waals surface area contributed by atoms with Crippen molar-refractivity contribution in [2.75, 3.05) is 45.9 Å². The Balaban J connectivity index is 1.42. The predicted molar refractivity (Wildman–Crippen MR) is 153 cm³/mol. The molecule has 1 saturated heterocycles. The molecule has 1 fully saturated rings. The Morgan fingerprint density at radius 3 is 2.38 bits per heavy atom. The van der Waals surface area contributed by atoms with Crippen LogP contribution in [0.1, 0.15) is 33.9 Å². The van der Waals surface area contributed by atoms with Crippen molar-refractivity contribution >= 4 is 40.7 Å². The maximum Gasteiger partial charge on any atom is 0.262 e. The number of hydrogen-bond donors (Lipinski definition) is 0. The Hall–Kier alpha value is -3.30. The van der Waals surface area contributed by atoms with Crippen LogP contribution in [-0.2, 0) is 9.53 Å². The summed E-state index contributed by atoms with van der Waals surface area (Å²) in [6.07, 6.45) is 0.436. The van der Waals surface area contributed by atoms with E-state index >= 15 is 0 Å². The van der Waals surface area contributed by atoms with Gasteiger partial charge in [-0.2, -0.15) is 5.10 Å². The molecule has 0 bridgehead atoms. The number of rotatable bonds is 8. The zero-order valence-corrected chi connectivity index (χ0v) is 23.3. The maximum absolute atomic E-state index is 13.9. The molecule has 0 radical (unpaired) electrons. The monoisotopic (exact) mass is 582 g/mol. The summed E-state index contributed by atoms with van der Waals surface area (Å²) in [5.74, 6) is -1.00. The van der Waals surface area contributed by atoms with E-state index in [2.05, 4.69) is 10.0 Å². The van der Waals surface area contributed by atoms with Gasteiger partial charge in [-0.3, -0.25) is 14.5 Å². The second kappa shape index (κ2) is 12.9. The lowest BCUT2D eigenvalue weighted by Gasteiger charge is -2.31. The van der Waals surface area contributed by atoms with Crippen LogP contribution in [0.4, 0.5) is 4.39 Å². The molecule has 0 saturated carbocycles. The molecular formula is C30H29Cl2FN4O3. The van der Waals surface area contributed by atoms with Crippen molar-refractivity contribution < 1.29 is 18.7 Å². The SMILES string of the molecule is O=C(c1ccccc1Cl)N(CCN1CCOCC1)CC(=O)N1N=C(c2ccc(F)cc2)C[C@H]1c1ccc(Cl)cc1. The Bertz CT molecular complexity index is 1380. The minimum atomic E-state index is -0.402. The summed E-state index contributed by atoms with van der Waals surface area (Å²) in [4.78, 5) is 31.3. The fourth-order valence-corrected chi connectivity index (χ4v) is 5.22. The van der Waals surface area contributed by atoms with Gasteiger partial charge in [0, 0.05) is 37.6 Å². The summed E-state index contributed by atoms with van der Waals surface area (Å²) < 4.78 is 19.0. The highest BCUT2D eigenvalue weighted by molar-refractivity contribution is 6.33. The molecule has 208 valence electrons. The van der Waals surface area contributed by atoms with Crippen molar-refractivity contribution in [1.29, 1.82) is 0 Å². The second-order valence-corrected chi connectivity index (χ2v) is 10.6. The zero-order valence-electron chi connectivity index (χ0n) is 21.8. The van der Waals surface area contributed by atoms with Crippen LogP contribution in [0.25, 0.3) is 0 Å². The van der Waals surface area contributed by atoms with Crippen molar-refractivity contribution in [3.05, 3.63) is 105 Å². The van der Waals surface area contributed by atoms with Gasteiger partial charge in [-0.05, 0) is 47.5 Å². The number of morpholine rings is 1. The summed E-state index contributed by atoms with van der Waals surface area (Å²) in [7, 11) is 0. The number of carbonyl (C=O) groups is 2. The standard InChI is InChI=1S/C30H29Cl2FN4O3/c31-23-9-5-22(6-10-23)28-19-27(21-7-11-24(33)12-8-21)34-37(28)29(38)20-36(14-13-35-15-17-40-18-16-35)30(39)25-3-1-2-4-26(25)32/h1-12,28H,13-20H2/t28-/m0/s1. The molecule has 3 aromatic rings. The van der Waals surface area contributed by atoms with Gasteiger partial charge in [-0.1, -0.05) is 59.6 Å². The molecule has 2 heterocycles. The van der Waals surface area contributed by atoms with Gasteiger partial charge in [-0.15, -0.1) is 0 Å². The van der Waals surface area contributed by atoms with Crippen molar-refractivity contribution in [1.82, 2.24) is 14.8 Å². The van der Waals surface area contributed by atoms with E-state index in [0.717, 1.165) is 24.2 Å². The van der Waals surface area contributed by atoms with E-state index in [1.165, 1.54) is 22.0 Å². The molecule has 0 unspecified atom stereocenters. The van der Waals surface area contributed by atoms with E-state index in [0.29, 0.717) is 54.0 Å². The summed E-state index contributed by atoms with van der Waals surface area (Å²) in [6, 6.07) is 19.7. The number of ether oxygens (including phenoxy) is 1. The van der Waals surface area contributed by atoms with Crippen molar-refractivity contribution in [2.24, 2.45) is 5.10 Å². The highest BCUT2D eigenvalue weighted by Gasteiger charge is 2.35.